The summed E-state index contributed by atoms with van der Waals surface area (Å²) >= 11 is 2.01. The first-order valence-corrected chi connectivity index (χ1v) is 4.53. The molecule has 0 aromatic heterocycles. The van der Waals surface area contributed by atoms with Crippen LogP contribution in [0.2, 0.25) is 0 Å². The van der Waals surface area contributed by atoms with Crippen molar-refractivity contribution in [3.63, 3.8) is 0 Å². The molecule has 0 saturated carbocycles. The van der Waals surface area contributed by atoms with Gasteiger partial charge in [-0.15, -0.1) is 11.8 Å². The molecule has 0 spiro atoms. The van der Waals surface area contributed by atoms with Gasteiger partial charge in [0.2, 0.25) is 0 Å². The summed E-state index contributed by atoms with van der Waals surface area (Å²) < 4.78 is 0. The fourth-order valence-corrected chi connectivity index (χ4v) is 2.50. The predicted octanol–water partition coefficient (Wildman–Crippen LogP) is 1.67. The predicted molar refractivity (Wildman–Crippen MR) is 41.3 cm³/mol. The van der Waals surface area contributed by atoms with Crippen LogP contribution >= 0.6 is 11.8 Å². The van der Waals surface area contributed by atoms with Gasteiger partial charge in [-0.2, -0.15) is 0 Å². The van der Waals surface area contributed by atoms with Crippen molar-refractivity contribution in [2.75, 3.05) is 18.8 Å². The fourth-order valence-electron chi connectivity index (χ4n) is 1.38. The van der Waals surface area contributed by atoms with E-state index >= 15 is 0 Å². The Balaban J connectivity index is 2.16. The number of allylic oxidation sites excluding steroid dienone is 1. The maximum absolute atomic E-state index is 2.49. The maximum Gasteiger partial charge on any atom is 0.0667 e. The van der Waals surface area contributed by atoms with Gasteiger partial charge in [0.25, 0.3) is 0 Å². The van der Waals surface area contributed by atoms with Gasteiger partial charge in [0.1, 0.15) is 0 Å². The first-order chi connectivity index (χ1) is 4.47. The lowest BCUT2D eigenvalue weighted by molar-refractivity contribution is 0.378. The lowest BCUT2D eigenvalue weighted by Crippen LogP contribution is -2.21. The number of fused-ring (bicyclic) bond motifs is 1. The second-order valence-corrected chi connectivity index (χ2v) is 3.64. The molecule has 2 rings (SSSR count). The van der Waals surface area contributed by atoms with E-state index in [1.165, 1.54) is 31.7 Å². The molecule has 9 heavy (non-hydrogen) atoms. The van der Waals surface area contributed by atoms with Gasteiger partial charge in [-0.3, -0.25) is 0 Å². The molecule has 2 aliphatic heterocycles. The molecule has 2 heteroatoms. The third-order valence-corrected chi connectivity index (χ3v) is 2.98. The zero-order valence-corrected chi connectivity index (χ0v) is 6.28. The zero-order chi connectivity index (χ0) is 6.10. The van der Waals surface area contributed by atoms with Crippen LogP contribution in [0.4, 0.5) is 0 Å². The molecule has 2 heterocycles. The van der Waals surface area contributed by atoms with Crippen molar-refractivity contribution in [2.45, 2.75) is 12.8 Å². The van der Waals surface area contributed by atoms with Crippen molar-refractivity contribution in [2.24, 2.45) is 0 Å². The Morgan fingerprint density at radius 1 is 1.44 bits per heavy atom. The first-order valence-electron chi connectivity index (χ1n) is 3.55. The minimum Gasteiger partial charge on any atom is -0.366 e. The molecule has 0 aromatic carbocycles. The molecule has 0 aromatic rings. The molecule has 50 valence electrons. The SMILES string of the molecule is C1=C2SCCN2CCC1. The summed E-state index contributed by atoms with van der Waals surface area (Å²) in [5, 5.41) is 1.54. The molecule has 1 fully saturated rings. The second-order valence-electron chi connectivity index (χ2n) is 2.52. The molecule has 0 N–H and O–H groups in total. The molecular formula is C7H11NS. The average Bonchev–Trinajstić information content (AvgIpc) is 2.33. The van der Waals surface area contributed by atoms with Crippen molar-refractivity contribution >= 4 is 11.8 Å². The van der Waals surface area contributed by atoms with Crippen molar-refractivity contribution in [3.05, 3.63) is 11.1 Å². The zero-order valence-electron chi connectivity index (χ0n) is 5.47. The highest BCUT2D eigenvalue weighted by Gasteiger charge is 2.18. The van der Waals surface area contributed by atoms with Crippen LogP contribution in [0, 0.1) is 0 Å². The third kappa shape index (κ3) is 0.960. The van der Waals surface area contributed by atoms with E-state index in [2.05, 4.69) is 11.0 Å². The standard InChI is InChI=1S/C7H11NS/c1-2-4-8-5-6-9-7(8)3-1/h3H,1-2,4-6H2. The molecule has 0 unspecified atom stereocenters. The van der Waals surface area contributed by atoms with Gasteiger partial charge < -0.3 is 4.90 Å². The van der Waals surface area contributed by atoms with Crippen LogP contribution in [0.15, 0.2) is 11.1 Å². The van der Waals surface area contributed by atoms with E-state index in [1.807, 2.05) is 11.8 Å². The van der Waals surface area contributed by atoms with Gasteiger partial charge in [-0.1, -0.05) is 6.08 Å². The molecule has 0 amide bonds. The Morgan fingerprint density at radius 2 is 2.44 bits per heavy atom. The quantitative estimate of drug-likeness (QED) is 0.505. The lowest BCUT2D eigenvalue weighted by Gasteiger charge is -2.22. The third-order valence-electron chi connectivity index (χ3n) is 1.87. The van der Waals surface area contributed by atoms with Gasteiger partial charge in [-0.05, 0) is 12.8 Å². The van der Waals surface area contributed by atoms with E-state index in [0.29, 0.717) is 0 Å². The van der Waals surface area contributed by atoms with Gasteiger partial charge >= 0.3 is 0 Å². The number of hydrogen-bond donors (Lipinski definition) is 0. The Kier molecular flexibility index (Phi) is 1.42. The van der Waals surface area contributed by atoms with Crippen LogP contribution in [0.3, 0.4) is 0 Å². The highest BCUT2D eigenvalue weighted by atomic mass is 32.2. The smallest absolute Gasteiger partial charge is 0.0667 e. The van der Waals surface area contributed by atoms with Gasteiger partial charge in [0.15, 0.2) is 0 Å². The monoisotopic (exact) mass is 141 g/mol. The van der Waals surface area contributed by atoms with Crippen molar-refractivity contribution in [3.8, 4) is 0 Å². The summed E-state index contributed by atoms with van der Waals surface area (Å²) in [4.78, 5) is 2.49. The second kappa shape index (κ2) is 2.25. The molecule has 1 saturated heterocycles. The van der Waals surface area contributed by atoms with Crippen molar-refractivity contribution in [1.29, 1.82) is 0 Å². The first kappa shape index (κ1) is 5.66. The van der Waals surface area contributed by atoms with Crippen molar-refractivity contribution in [1.82, 2.24) is 4.90 Å². The summed E-state index contributed by atoms with van der Waals surface area (Å²) in [5.41, 5.74) is 0. The van der Waals surface area contributed by atoms with Crippen LogP contribution in [-0.4, -0.2) is 23.7 Å². The molecule has 1 nitrogen and oxygen atoms in total. The minimum atomic E-state index is 1.29. The van der Waals surface area contributed by atoms with Crippen LogP contribution in [0.25, 0.3) is 0 Å². The molecule has 0 radical (unpaired) electrons. The molecular weight excluding hydrogens is 130 g/mol. The normalized spacial score (nSPS) is 25.8. The largest absolute Gasteiger partial charge is 0.366 e. The van der Waals surface area contributed by atoms with Gasteiger partial charge in [0, 0.05) is 18.8 Å². The Morgan fingerprint density at radius 3 is 3.33 bits per heavy atom. The summed E-state index contributed by atoms with van der Waals surface area (Å²) in [6.45, 7) is 2.59. The van der Waals surface area contributed by atoms with Crippen LogP contribution in [0.1, 0.15) is 12.8 Å². The van der Waals surface area contributed by atoms with E-state index in [9.17, 15) is 0 Å². The average molecular weight is 141 g/mol. The summed E-state index contributed by atoms with van der Waals surface area (Å²) in [6, 6.07) is 0. The van der Waals surface area contributed by atoms with Gasteiger partial charge in [-0.25, -0.2) is 0 Å². The highest BCUT2D eigenvalue weighted by molar-refractivity contribution is 8.03. The van der Waals surface area contributed by atoms with E-state index in [4.69, 9.17) is 0 Å². The molecule has 0 bridgehead atoms. The lowest BCUT2D eigenvalue weighted by atomic mass is 10.2. The topological polar surface area (TPSA) is 3.24 Å². The Bertz CT molecular complexity index is 142. The van der Waals surface area contributed by atoms with E-state index in [1.54, 1.807) is 5.03 Å². The fraction of sp³-hybridized carbons (Fsp3) is 0.714. The van der Waals surface area contributed by atoms with Crippen LogP contribution in [0.5, 0.6) is 0 Å². The van der Waals surface area contributed by atoms with Crippen LogP contribution < -0.4 is 0 Å². The number of thioether (sulfide) groups is 1. The highest BCUT2D eigenvalue weighted by Crippen LogP contribution is 2.30. The minimum absolute atomic E-state index is 1.29. The van der Waals surface area contributed by atoms with Gasteiger partial charge in [0.05, 0.1) is 5.03 Å². The summed E-state index contributed by atoms with van der Waals surface area (Å²) in [7, 11) is 0. The van der Waals surface area contributed by atoms with E-state index < -0.39 is 0 Å². The molecule has 0 atom stereocenters. The van der Waals surface area contributed by atoms with Crippen molar-refractivity contribution < 1.29 is 0 Å². The number of nitrogens with zero attached hydrogens (tertiary/aromatic N) is 1. The van der Waals surface area contributed by atoms with E-state index in [-0.39, 0.29) is 0 Å². The Labute approximate surface area is 60.1 Å². The maximum atomic E-state index is 2.49. The summed E-state index contributed by atoms with van der Waals surface area (Å²) in [5.74, 6) is 1.31. The van der Waals surface area contributed by atoms with E-state index in [0.717, 1.165) is 0 Å². The molecule has 0 aliphatic carbocycles. The number of hydrogen-bond acceptors (Lipinski definition) is 2. The Hall–Kier alpha value is -0.110. The summed E-state index contributed by atoms with van der Waals surface area (Å²) in [6.07, 6.45) is 5.05. The van der Waals surface area contributed by atoms with Crippen LogP contribution in [-0.2, 0) is 0 Å². The molecule has 2 aliphatic rings. The number of rotatable bonds is 0.